The van der Waals surface area contributed by atoms with Crippen molar-refractivity contribution < 1.29 is 4.92 Å². The smallest absolute Gasteiger partial charge is 0.328 e. The molecule has 0 amide bonds. The van der Waals surface area contributed by atoms with Gasteiger partial charge in [0, 0.05) is 5.57 Å². The molecule has 15 heavy (non-hydrogen) atoms. The van der Waals surface area contributed by atoms with Gasteiger partial charge in [-0.3, -0.25) is 15.1 Å². The fourth-order valence-corrected chi connectivity index (χ4v) is 2.19. The monoisotopic (exact) mass is 227 g/mol. The lowest BCUT2D eigenvalue weighted by molar-refractivity contribution is -0.415. The number of rotatable bonds is 1. The largest absolute Gasteiger partial charge is 0.393 e. The summed E-state index contributed by atoms with van der Waals surface area (Å²) in [5, 5.41) is 10.6. The number of nitro groups is 1. The van der Waals surface area contributed by atoms with E-state index in [1.165, 1.54) is 0 Å². The molecule has 0 spiro atoms. The van der Waals surface area contributed by atoms with Crippen molar-refractivity contribution in [3.8, 4) is 0 Å². The third kappa shape index (κ3) is 1.63. The quantitative estimate of drug-likeness (QED) is 0.545. The van der Waals surface area contributed by atoms with Crippen LogP contribution in [0, 0.1) is 10.1 Å². The summed E-state index contributed by atoms with van der Waals surface area (Å²) >= 11 is 5.74. The van der Waals surface area contributed by atoms with Crippen LogP contribution < -0.4 is 5.73 Å². The maximum absolute atomic E-state index is 10.7. The predicted octanol–water partition coefficient (Wildman–Crippen LogP) is 1.56. The topological polar surface area (TPSA) is 81.5 Å². The van der Waals surface area contributed by atoms with Crippen LogP contribution in [0.1, 0.15) is 19.3 Å². The summed E-state index contributed by atoms with van der Waals surface area (Å²) in [4.78, 5) is 14.2. The first-order chi connectivity index (χ1) is 7.11. The first-order valence-corrected chi connectivity index (χ1v) is 5.07. The number of nitrogens with two attached hydrogens (primary N) is 1. The molecule has 0 saturated carbocycles. The number of allylic oxidation sites excluding steroid dienone is 2. The van der Waals surface area contributed by atoms with E-state index >= 15 is 0 Å². The summed E-state index contributed by atoms with van der Waals surface area (Å²) < 4.78 is 0. The molecule has 6 heteroatoms. The predicted molar refractivity (Wildman–Crippen MR) is 57.2 cm³/mol. The summed E-state index contributed by atoms with van der Waals surface area (Å²) in [5.41, 5.74) is 6.40. The summed E-state index contributed by atoms with van der Waals surface area (Å²) in [6, 6.07) is -0.0880. The van der Waals surface area contributed by atoms with E-state index in [1.54, 1.807) is 0 Å². The van der Waals surface area contributed by atoms with Crippen LogP contribution in [0.2, 0.25) is 0 Å². The van der Waals surface area contributed by atoms with Crippen molar-refractivity contribution in [1.82, 2.24) is 0 Å². The molecule has 2 rings (SSSR count). The van der Waals surface area contributed by atoms with Gasteiger partial charge in [0.1, 0.15) is 5.70 Å². The number of dihydropyridines is 1. The first kappa shape index (κ1) is 10.2. The Morgan fingerprint density at radius 1 is 1.67 bits per heavy atom. The molecule has 0 aromatic heterocycles. The molecule has 1 aliphatic carbocycles. The molecular weight excluding hydrogens is 218 g/mol. The average molecular weight is 228 g/mol. The highest BCUT2D eigenvalue weighted by Crippen LogP contribution is 2.31. The summed E-state index contributed by atoms with van der Waals surface area (Å²) in [6.07, 6.45) is 4.68. The molecule has 0 fully saturated rings. The third-order valence-electron chi connectivity index (χ3n) is 2.62. The fourth-order valence-electron chi connectivity index (χ4n) is 1.90. The van der Waals surface area contributed by atoms with Gasteiger partial charge in [0.2, 0.25) is 5.17 Å². The van der Waals surface area contributed by atoms with Crippen molar-refractivity contribution in [2.75, 3.05) is 0 Å². The van der Waals surface area contributed by atoms with Crippen LogP contribution in [-0.4, -0.2) is 16.1 Å². The maximum Gasteiger partial charge on any atom is 0.328 e. The van der Waals surface area contributed by atoms with E-state index in [0.29, 0.717) is 0 Å². The molecule has 0 radical (unpaired) electrons. The molecule has 80 valence electrons. The summed E-state index contributed by atoms with van der Waals surface area (Å²) in [7, 11) is 0. The van der Waals surface area contributed by atoms with E-state index in [0.717, 1.165) is 24.8 Å². The standard InChI is InChI=1S/C9H10ClN3O2/c10-9-8(13(14)15)7(11)5-3-1-2-4-6(5)12-9/h3,6H,1-2,4,11H2. The van der Waals surface area contributed by atoms with Gasteiger partial charge in [-0.15, -0.1) is 0 Å². The molecule has 1 atom stereocenters. The van der Waals surface area contributed by atoms with Gasteiger partial charge in [0.25, 0.3) is 0 Å². The van der Waals surface area contributed by atoms with Crippen molar-refractivity contribution in [3.63, 3.8) is 0 Å². The normalized spacial score (nSPS) is 25.5. The second-order valence-electron chi connectivity index (χ2n) is 3.55. The van der Waals surface area contributed by atoms with Crippen LogP contribution in [0.5, 0.6) is 0 Å². The minimum Gasteiger partial charge on any atom is -0.393 e. The number of hydrogen-bond acceptors (Lipinski definition) is 4. The van der Waals surface area contributed by atoms with Gasteiger partial charge in [-0.05, 0) is 19.3 Å². The van der Waals surface area contributed by atoms with Gasteiger partial charge >= 0.3 is 5.70 Å². The molecule has 0 bridgehead atoms. The zero-order valence-electron chi connectivity index (χ0n) is 7.94. The third-order valence-corrected chi connectivity index (χ3v) is 2.89. The van der Waals surface area contributed by atoms with Crippen LogP contribution in [0.25, 0.3) is 0 Å². The lowest BCUT2D eigenvalue weighted by atomic mass is 9.90. The molecule has 0 aromatic rings. The lowest BCUT2D eigenvalue weighted by Gasteiger charge is -2.24. The van der Waals surface area contributed by atoms with Crippen LogP contribution in [0.4, 0.5) is 0 Å². The van der Waals surface area contributed by atoms with E-state index < -0.39 is 4.92 Å². The Labute approximate surface area is 91.5 Å². The molecular formula is C9H10ClN3O2. The Morgan fingerprint density at radius 3 is 3.07 bits per heavy atom. The minimum atomic E-state index is -0.577. The van der Waals surface area contributed by atoms with Gasteiger partial charge < -0.3 is 5.73 Å². The number of fused-ring (bicyclic) bond motifs is 1. The number of nitrogens with zero attached hydrogens (tertiary/aromatic N) is 2. The van der Waals surface area contributed by atoms with Gasteiger partial charge in [-0.2, -0.15) is 0 Å². The average Bonchev–Trinajstić information content (AvgIpc) is 2.17. The number of aliphatic imine (C=N–C) groups is 1. The highest BCUT2D eigenvalue weighted by atomic mass is 35.5. The van der Waals surface area contributed by atoms with E-state index in [1.807, 2.05) is 6.08 Å². The van der Waals surface area contributed by atoms with Gasteiger partial charge in [0.15, 0.2) is 0 Å². The lowest BCUT2D eigenvalue weighted by Crippen LogP contribution is -2.28. The minimum absolute atomic E-state index is 0.0819. The van der Waals surface area contributed by atoms with Crippen LogP contribution in [-0.2, 0) is 0 Å². The summed E-state index contributed by atoms with van der Waals surface area (Å²) in [6.45, 7) is 0. The second-order valence-corrected chi connectivity index (χ2v) is 3.90. The Morgan fingerprint density at radius 2 is 2.40 bits per heavy atom. The molecule has 0 saturated heterocycles. The highest BCUT2D eigenvalue weighted by Gasteiger charge is 2.34. The second kappa shape index (κ2) is 3.66. The molecule has 0 aromatic carbocycles. The zero-order chi connectivity index (χ0) is 11.0. The maximum atomic E-state index is 10.7. The molecule has 1 unspecified atom stereocenters. The zero-order valence-corrected chi connectivity index (χ0v) is 8.70. The highest BCUT2D eigenvalue weighted by molar-refractivity contribution is 6.69. The Kier molecular flexibility index (Phi) is 2.48. The van der Waals surface area contributed by atoms with E-state index in [-0.39, 0.29) is 22.6 Å². The molecule has 2 N–H and O–H groups in total. The van der Waals surface area contributed by atoms with Crippen LogP contribution in [0.15, 0.2) is 28.0 Å². The number of hydrogen-bond donors (Lipinski definition) is 1. The van der Waals surface area contributed by atoms with Crippen molar-refractivity contribution in [3.05, 3.63) is 33.2 Å². The Hall–Kier alpha value is -1.36. The molecule has 1 aliphatic heterocycles. The first-order valence-electron chi connectivity index (χ1n) is 4.69. The van der Waals surface area contributed by atoms with E-state index in [2.05, 4.69) is 4.99 Å². The Bertz CT molecular complexity index is 412. The summed E-state index contributed by atoms with van der Waals surface area (Å²) in [5.74, 6) is 0. The molecule has 2 aliphatic rings. The van der Waals surface area contributed by atoms with Crippen molar-refractivity contribution in [1.29, 1.82) is 0 Å². The molecule has 1 heterocycles. The van der Waals surface area contributed by atoms with Gasteiger partial charge in [-0.25, -0.2) is 0 Å². The van der Waals surface area contributed by atoms with Crippen LogP contribution in [0.3, 0.4) is 0 Å². The number of halogens is 1. The fraction of sp³-hybridized carbons (Fsp3) is 0.444. The van der Waals surface area contributed by atoms with Crippen molar-refractivity contribution >= 4 is 16.8 Å². The Balaban J connectivity index is 2.51. The van der Waals surface area contributed by atoms with E-state index in [4.69, 9.17) is 17.3 Å². The van der Waals surface area contributed by atoms with Crippen LogP contribution >= 0.6 is 11.6 Å². The van der Waals surface area contributed by atoms with Gasteiger partial charge in [0.05, 0.1) is 11.0 Å². The van der Waals surface area contributed by atoms with Gasteiger partial charge in [-0.1, -0.05) is 17.7 Å². The van der Waals surface area contributed by atoms with Crippen molar-refractivity contribution in [2.24, 2.45) is 10.7 Å². The molecule has 5 nitrogen and oxygen atoms in total. The SMILES string of the molecule is NC1=C([N+](=O)[O-])C(Cl)=NC2CCCC=C12. The van der Waals surface area contributed by atoms with E-state index in [9.17, 15) is 10.1 Å². The van der Waals surface area contributed by atoms with Crippen molar-refractivity contribution in [2.45, 2.75) is 25.3 Å².